The van der Waals surface area contributed by atoms with Gasteiger partial charge in [0, 0.05) is 6.54 Å². The molecule has 1 atom stereocenters. The van der Waals surface area contributed by atoms with Crippen molar-refractivity contribution in [2.75, 3.05) is 29.1 Å². The van der Waals surface area contributed by atoms with Gasteiger partial charge in [-0.1, -0.05) is 6.07 Å². The molecule has 0 aliphatic carbocycles. The SMILES string of the molecule is Nc1cccc(NCC2CCSC2)c1[N+](=O)[O-]. The Labute approximate surface area is 104 Å². The lowest BCUT2D eigenvalue weighted by molar-refractivity contribution is -0.383. The van der Waals surface area contributed by atoms with Gasteiger partial charge in [-0.2, -0.15) is 11.8 Å². The van der Waals surface area contributed by atoms with E-state index in [0.717, 1.165) is 12.3 Å². The second-order valence-corrected chi connectivity index (χ2v) is 5.26. The maximum Gasteiger partial charge on any atom is 0.314 e. The zero-order chi connectivity index (χ0) is 12.3. The number of hydrogen-bond acceptors (Lipinski definition) is 5. The summed E-state index contributed by atoms with van der Waals surface area (Å²) in [6, 6.07) is 4.99. The van der Waals surface area contributed by atoms with Crippen LogP contribution < -0.4 is 11.1 Å². The molecule has 0 aromatic heterocycles. The Balaban J connectivity index is 2.09. The molecule has 0 spiro atoms. The zero-order valence-corrected chi connectivity index (χ0v) is 10.2. The fraction of sp³-hybridized carbons (Fsp3) is 0.455. The van der Waals surface area contributed by atoms with Gasteiger partial charge in [0.25, 0.3) is 0 Å². The third-order valence-electron chi connectivity index (χ3n) is 2.85. The molecule has 1 aliphatic rings. The first-order valence-corrected chi connectivity index (χ1v) is 6.68. The average molecular weight is 253 g/mol. The zero-order valence-electron chi connectivity index (χ0n) is 9.39. The van der Waals surface area contributed by atoms with Gasteiger partial charge in [-0.3, -0.25) is 10.1 Å². The molecule has 1 fully saturated rings. The monoisotopic (exact) mass is 253 g/mol. The second kappa shape index (κ2) is 5.27. The molecule has 0 saturated carbocycles. The number of nitrogens with zero attached hydrogens (tertiary/aromatic N) is 1. The predicted octanol–water partition coefficient (Wildman–Crippen LogP) is 2.34. The van der Waals surface area contributed by atoms with E-state index in [0.29, 0.717) is 11.6 Å². The first-order valence-electron chi connectivity index (χ1n) is 5.53. The van der Waals surface area contributed by atoms with Crippen molar-refractivity contribution in [1.29, 1.82) is 0 Å². The molecule has 0 radical (unpaired) electrons. The number of benzene rings is 1. The first kappa shape index (κ1) is 12.0. The topological polar surface area (TPSA) is 81.2 Å². The summed E-state index contributed by atoms with van der Waals surface area (Å²) in [7, 11) is 0. The van der Waals surface area contributed by atoms with Crippen LogP contribution in [0.1, 0.15) is 6.42 Å². The molecule has 1 aromatic carbocycles. The largest absolute Gasteiger partial charge is 0.393 e. The van der Waals surface area contributed by atoms with E-state index in [2.05, 4.69) is 5.32 Å². The van der Waals surface area contributed by atoms with Gasteiger partial charge in [0.15, 0.2) is 0 Å². The summed E-state index contributed by atoms with van der Waals surface area (Å²) < 4.78 is 0. The van der Waals surface area contributed by atoms with Crippen LogP contribution in [-0.2, 0) is 0 Å². The number of nitro benzene ring substituents is 1. The van der Waals surface area contributed by atoms with E-state index in [9.17, 15) is 10.1 Å². The van der Waals surface area contributed by atoms with E-state index >= 15 is 0 Å². The van der Waals surface area contributed by atoms with Gasteiger partial charge in [0.2, 0.25) is 0 Å². The molecule has 2 rings (SSSR count). The molecule has 1 aromatic rings. The molecule has 3 N–H and O–H groups in total. The smallest absolute Gasteiger partial charge is 0.314 e. The van der Waals surface area contributed by atoms with Crippen molar-refractivity contribution in [2.24, 2.45) is 5.92 Å². The highest BCUT2D eigenvalue weighted by atomic mass is 32.2. The summed E-state index contributed by atoms with van der Waals surface area (Å²) in [4.78, 5) is 10.5. The van der Waals surface area contributed by atoms with Crippen molar-refractivity contribution in [2.45, 2.75) is 6.42 Å². The number of para-hydroxylation sites is 1. The van der Waals surface area contributed by atoms with Crippen LogP contribution in [0, 0.1) is 16.0 Å². The van der Waals surface area contributed by atoms with Crippen LogP contribution in [0.5, 0.6) is 0 Å². The van der Waals surface area contributed by atoms with Crippen molar-refractivity contribution < 1.29 is 4.92 Å². The molecule has 92 valence electrons. The van der Waals surface area contributed by atoms with Crippen molar-refractivity contribution in [1.82, 2.24) is 0 Å². The van der Waals surface area contributed by atoms with E-state index in [1.807, 2.05) is 11.8 Å². The Morgan fingerprint density at radius 3 is 3.06 bits per heavy atom. The Morgan fingerprint density at radius 2 is 2.41 bits per heavy atom. The third-order valence-corrected chi connectivity index (χ3v) is 4.09. The second-order valence-electron chi connectivity index (χ2n) is 4.11. The molecule has 17 heavy (non-hydrogen) atoms. The van der Waals surface area contributed by atoms with Crippen LogP contribution in [0.15, 0.2) is 18.2 Å². The minimum atomic E-state index is -0.429. The van der Waals surface area contributed by atoms with Gasteiger partial charge in [0.05, 0.1) is 4.92 Å². The maximum absolute atomic E-state index is 10.9. The van der Waals surface area contributed by atoms with E-state index in [1.165, 1.54) is 12.2 Å². The number of hydrogen-bond donors (Lipinski definition) is 2. The first-order chi connectivity index (χ1) is 8.18. The predicted molar refractivity (Wildman–Crippen MR) is 71.4 cm³/mol. The van der Waals surface area contributed by atoms with Crippen LogP contribution in [-0.4, -0.2) is 23.0 Å². The van der Waals surface area contributed by atoms with E-state index in [1.54, 1.807) is 18.2 Å². The maximum atomic E-state index is 10.9. The summed E-state index contributed by atoms with van der Waals surface area (Å²) >= 11 is 1.93. The van der Waals surface area contributed by atoms with E-state index < -0.39 is 4.92 Å². The van der Waals surface area contributed by atoms with Crippen LogP contribution in [0.25, 0.3) is 0 Å². The summed E-state index contributed by atoms with van der Waals surface area (Å²) in [6.45, 7) is 0.775. The normalized spacial score (nSPS) is 19.2. The molecule has 1 unspecified atom stereocenters. The Bertz CT molecular complexity index is 419. The summed E-state index contributed by atoms with van der Waals surface area (Å²) in [5.74, 6) is 2.91. The quantitative estimate of drug-likeness (QED) is 0.489. The lowest BCUT2D eigenvalue weighted by Gasteiger charge is -2.12. The number of rotatable bonds is 4. The highest BCUT2D eigenvalue weighted by Gasteiger charge is 2.20. The molecule has 1 heterocycles. The van der Waals surface area contributed by atoms with Crippen LogP contribution in [0.2, 0.25) is 0 Å². The standard InChI is InChI=1S/C11H15N3O2S/c12-9-2-1-3-10(11(9)14(15)16)13-6-8-4-5-17-7-8/h1-3,8,13H,4-7,12H2. The highest BCUT2D eigenvalue weighted by molar-refractivity contribution is 7.99. The Morgan fingerprint density at radius 1 is 1.59 bits per heavy atom. The van der Waals surface area contributed by atoms with Crippen LogP contribution in [0.4, 0.5) is 17.1 Å². The van der Waals surface area contributed by atoms with Crippen LogP contribution >= 0.6 is 11.8 Å². The molecular weight excluding hydrogens is 238 g/mol. The third kappa shape index (κ3) is 2.82. The molecule has 0 amide bonds. The number of anilines is 2. The molecule has 1 aliphatic heterocycles. The lowest BCUT2D eigenvalue weighted by Crippen LogP contribution is -2.14. The minimum Gasteiger partial charge on any atom is -0.393 e. The average Bonchev–Trinajstić information content (AvgIpc) is 2.78. The van der Waals surface area contributed by atoms with Gasteiger partial charge in [-0.25, -0.2) is 0 Å². The van der Waals surface area contributed by atoms with Gasteiger partial charge in [0.1, 0.15) is 11.4 Å². The van der Waals surface area contributed by atoms with Crippen molar-refractivity contribution in [3.63, 3.8) is 0 Å². The summed E-state index contributed by atoms with van der Waals surface area (Å²) in [5, 5.41) is 14.1. The molecule has 0 bridgehead atoms. The number of nitrogens with one attached hydrogen (secondary N) is 1. The molecule has 1 saturated heterocycles. The Hall–Kier alpha value is -1.43. The molecular formula is C11H15N3O2S. The fourth-order valence-electron chi connectivity index (χ4n) is 1.91. The summed E-state index contributed by atoms with van der Waals surface area (Å²) in [5.41, 5.74) is 6.33. The van der Waals surface area contributed by atoms with Gasteiger partial charge < -0.3 is 11.1 Å². The summed E-state index contributed by atoms with van der Waals surface area (Å²) in [6.07, 6.45) is 1.17. The van der Waals surface area contributed by atoms with E-state index in [-0.39, 0.29) is 11.4 Å². The number of nitro groups is 1. The lowest BCUT2D eigenvalue weighted by atomic mass is 10.1. The number of thioether (sulfide) groups is 1. The van der Waals surface area contributed by atoms with Crippen molar-refractivity contribution in [3.8, 4) is 0 Å². The van der Waals surface area contributed by atoms with Gasteiger partial charge >= 0.3 is 5.69 Å². The van der Waals surface area contributed by atoms with E-state index in [4.69, 9.17) is 5.73 Å². The number of nitrogen functional groups attached to an aromatic ring is 1. The molecule has 6 heteroatoms. The van der Waals surface area contributed by atoms with Crippen molar-refractivity contribution in [3.05, 3.63) is 28.3 Å². The van der Waals surface area contributed by atoms with Crippen LogP contribution in [0.3, 0.4) is 0 Å². The van der Waals surface area contributed by atoms with Gasteiger partial charge in [-0.05, 0) is 36.0 Å². The minimum absolute atomic E-state index is 0.0156. The Kier molecular flexibility index (Phi) is 3.73. The van der Waals surface area contributed by atoms with Crippen molar-refractivity contribution >= 4 is 28.8 Å². The molecule has 5 nitrogen and oxygen atoms in total. The number of nitrogens with two attached hydrogens (primary N) is 1. The highest BCUT2D eigenvalue weighted by Crippen LogP contribution is 2.31. The van der Waals surface area contributed by atoms with Gasteiger partial charge in [-0.15, -0.1) is 0 Å². The fourth-order valence-corrected chi connectivity index (χ4v) is 3.19.